The maximum absolute atomic E-state index is 6.51. The van der Waals surface area contributed by atoms with Crippen LogP contribution < -0.4 is 0 Å². The lowest BCUT2D eigenvalue weighted by atomic mass is 10.5. The number of hydrogen-bond donors (Lipinski definition) is 1. The van der Waals surface area contributed by atoms with Crippen molar-refractivity contribution in [3.8, 4) is 0 Å². The van der Waals surface area contributed by atoms with Gasteiger partial charge < -0.3 is 0 Å². The van der Waals surface area contributed by atoms with Gasteiger partial charge in [0.25, 0.3) is 0 Å². The van der Waals surface area contributed by atoms with Crippen molar-refractivity contribution in [3.05, 3.63) is 22.4 Å². The van der Waals surface area contributed by atoms with E-state index in [1.165, 1.54) is 0 Å². The Morgan fingerprint density at radius 3 is 3.12 bits per heavy atom. The minimum absolute atomic E-state index is 0.539. The lowest BCUT2D eigenvalue weighted by molar-refractivity contribution is 0.923. The Morgan fingerprint density at radius 2 is 2.62 bits per heavy atom. The number of rotatable bonds is 2. The molecule has 0 saturated heterocycles. The van der Waals surface area contributed by atoms with Crippen LogP contribution in [-0.2, 0) is 6.54 Å². The molecule has 0 spiro atoms. The Labute approximate surface area is 51.7 Å². The molecule has 0 atom stereocenters. The third-order valence-electron chi connectivity index (χ3n) is 0.815. The molecule has 0 amide bonds. The molecule has 42 valence electrons. The molecule has 2 nitrogen and oxygen atoms in total. The van der Waals surface area contributed by atoms with Gasteiger partial charge in [0, 0.05) is 4.88 Å². The Bertz CT molecular complexity index is 157. The molecular weight excluding hydrogens is 120 g/mol. The molecule has 8 heavy (non-hydrogen) atoms. The van der Waals surface area contributed by atoms with Gasteiger partial charge >= 0.3 is 0 Å². The molecule has 3 heteroatoms. The van der Waals surface area contributed by atoms with E-state index in [1.54, 1.807) is 11.3 Å². The van der Waals surface area contributed by atoms with E-state index in [1.807, 2.05) is 17.5 Å². The van der Waals surface area contributed by atoms with Crippen LogP contribution in [0.15, 0.2) is 22.6 Å². The van der Waals surface area contributed by atoms with Crippen molar-refractivity contribution in [2.24, 2.45) is 5.11 Å². The lowest BCUT2D eigenvalue weighted by Gasteiger charge is -1.80. The van der Waals surface area contributed by atoms with Gasteiger partial charge in [-0.1, -0.05) is 6.07 Å². The van der Waals surface area contributed by atoms with Gasteiger partial charge in [0.2, 0.25) is 0 Å². The van der Waals surface area contributed by atoms with E-state index in [0.29, 0.717) is 6.54 Å². The fourth-order valence-corrected chi connectivity index (χ4v) is 1.11. The van der Waals surface area contributed by atoms with E-state index in [2.05, 4.69) is 5.11 Å². The topological polar surface area (TPSA) is 36.2 Å². The highest BCUT2D eigenvalue weighted by molar-refractivity contribution is 7.09. The zero-order valence-corrected chi connectivity index (χ0v) is 5.11. The highest BCUT2D eigenvalue weighted by atomic mass is 32.1. The van der Waals surface area contributed by atoms with Crippen molar-refractivity contribution in [1.82, 2.24) is 0 Å². The molecule has 0 aromatic carbocycles. The summed E-state index contributed by atoms with van der Waals surface area (Å²) in [6.07, 6.45) is 0. The predicted molar refractivity (Wildman–Crippen MR) is 33.2 cm³/mol. The van der Waals surface area contributed by atoms with Crippen molar-refractivity contribution < 1.29 is 0 Å². The Hall–Kier alpha value is -0.700. The molecule has 0 aliphatic carbocycles. The van der Waals surface area contributed by atoms with Crippen LogP contribution in [0.25, 0.3) is 0 Å². The van der Waals surface area contributed by atoms with Crippen LogP contribution in [0.1, 0.15) is 4.88 Å². The summed E-state index contributed by atoms with van der Waals surface area (Å²) in [5.74, 6) is 0. The van der Waals surface area contributed by atoms with Crippen LogP contribution in [0.2, 0.25) is 0 Å². The summed E-state index contributed by atoms with van der Waals surface area (Å²) >= 11 is 1.63. The molecule has 0 unspecified atom stereocenters. The van der Waals surface area contributed by atoms with E-state index >= 15 is 0 Å². The molecule has 0 fully saturated rings. The van der Waals surface area contributed by atoms with E-state index in [-0.39, 0.29) is 0 Å². The summed E-state index contributed by atoms with van der Waals surface area (Å²) in [5.41, 5.74) is 6.51. The standard InChI is InChI=1S/C5H6N2S/c6-7-4-5-2-1-3-8-5/h1-3,6H,4H2. The molecular formula is C5H6N2S. The van der Waals surface area contributed by atoms with Crippen molar-refractivity contribution in [2.45, 2.75) is 6.54 Å². The summed E-state index contributed by atoms with van der Waals surface area (Å²) in [5, 5.41) is 5.23. The fraction of sp³-hybridized carbons (Fsp3) is 0.200. The molecule has 1 heterocycles. The molecule has 0 bridgehead atoms. The average Bonchev–Trinajstić information content (AvgIpc) is 2.19. The first kappa shape index (κ1) is 5.44. The second-order valence-corrected chi connectivity index (χ2v) is 2.43. The third-order valence-corrected chi connectivity index (χ3v) is 1.68. The van der Waals surface area contributed by atoms with Gasteiger partial charge in [0.15, 0.2) is 0 Å². The van der Waals surface area contributed by atoms with Crippen LogP contribution >= 0.6 is 11.3 Å². The molecule has 0 saturated carbocycles. The van der Waals surface area contributed by atoms with Gasteiger partial charge in [0.05, 0.1) is 6.54 Å². The molecule has 0 aliphatic rings. The largest absolute Gasteiger partial charge is 0.209 e. The van der Waals surface area contributed by atoms with Gasteiger partial charge in [-0.15, -0.1) is 11.3 Å². The first-order chi connectivity index (χ1) is 3.93. The molecule has 1 aromatic rings. The Balaban J connectivity index is 2.62. The van der Waals surface area contributed by atoms with Gasteiger partial charge in [-0.25, -0.2) is 5.53 Å². The summed E-state index contributed by atoms with van der Waals surface area (Å²) in [6, 6.07) is 3.94. The van der Waals surface area contributed by atoms with Gasteiger partial charge in [-0.05, 0) is 11.4 Å². The molecule has 0 radical (unpaired) electrons. The Morgan fingerprint density at radius 1 is 1.75 bits per heavy atom. The monoisotopic (exact) mass is 126 g/mol. The van der Waals surface area contributed by atoms with E-state index in [9.17, 15) is 0 Å². The average molecular weight is 126 g/mol. The maximum atomic E-state index is 6.51. The van der Waals surface area contributed by atoms with E-state index < -0.39 is 0 Å². The summed E-state index contributed by atoms with van der Waals surface area (Å²) in [6.45, 7) is 0.539. The number of nitrogens with one attached hydrogen (secondary N) is 1. The highest BCUT2D eigenvalue weighted by Crippen LogP contribution is 2.08. The van der Waals surface area contributed by atoms with Crippen LogP contribution in [-0.4, -0.2) is 0 Å². The first-order valence-electron chi connectivity index (χ1n) is 2.29. The summed E-state index contributed by atoms with van der Waals surface area (Å²) in [4.78, 5) is 1.15. The van der Waals surface area contributed by atoms with Crippen molar-refractivity contribution >= 4 is 11.3 Å². The second-order valence-electron chi connectivity index (χ2n) is 1.40. The minimum Gasteiger partial charge on any atom is -0.209 e. The minimum atomic E-state index is 0.539. The van der Waals surface area contributed by atoms with Crippen molar-refractivity contribution in [2.75, 3.05) is 0 Å². The number of hydrogen-bond acceptors (Lipinski definition) is 3. The summed E-state index contributed by atoms with van der Waals surface area (Å²) in [7, 11) is 0. The van der Waals surface area contributed by atoms with E-state index in [0.717, 1.165) is 4.88 Å². The predicted octanol–water partition coefficient (Wildman–Crippen LogP) is 2.28. The first-order valence-corrected chi connectivity index (χ1v) is 3.17. The number of nitrogens with zero attached hydrogens (tertiary/aromatic N) is 1. The molecule has 1 rings (SSSR count). The van der Waals surface area contributed by atoms with Crippen LogP contribution in [0.4, 0.5) is 0 Å². The van der Waals surface area contributed by atoms with Gasteiger partial charge in [0.1, 0.15) is 0 Å². The normalized spacial score (nSPS) is 9.00. The maximum Gasteiger partial charge on any atom is 0.0938 e. The zero-order chi connectivity index (χ0) is 5.82. The third kappa shape index (κ3) is 1.13. The quantitative estimate of drug-likeness (QED) is 0.590. The van der Waals surface area contributed by atoms with E-state index in [4.69, 9.17) is 5.53 Å². The molecule has 1 aromatic heterocycles. The Kier molecular flexibility index (Phi) is 1.75. The van der Waals surface area contributed by atoms with Crippen molar-refractivity contribution in [1.29, 1.82) is 5.53 Å². The van der Waals surface area contributed by atoms with Crippen LogP contribution in [0.5, 0.6) is 0 Å². The lowest BCUT2D eigenvalue weighted by Crippen LogP contribution is -1.66. The number of thiophene rings is 1. The van der Waals surface area contributed by atoms with Gasteiger partial charge in [-0.2, -0.15) is 5.11 Å². The van der Waals surface area contributed by atoms with Gasteiger partial charge in [-0.3, -0.25) is 0 Å². The second kappa shape index (κ2) is 2.57. The van der Waals surface area contributed by atoms with Crippen molar-refractivity contribution in [3.63, 3.8) is 0 Å². The van der Waals surface area contributed by atoms with Crippen LogP contribution in [0.3, 0.4) is 0 Å². The fourth-order valence-electron chi connectivity index (χ4n) is 0.480. The zero-order valence-electron chi connectivity index (χ0n) is 4.29. The molecule has 1 N–H and O–H groups in total. The smallest absolute Gasteiger partial charge is 0.0938 e. The van der Waals surface area contributed by atoms with Crippen LogP contribution in [0, 0.1) is 5.53 Å². The summed E-state index contributed by atoms with van der Waals surface area (Å²) < 4.78 is 0. The molecule has 0 aliphatic heterocycles. The SMILES string of the molecule is N=NCc1cccs1. The highest BCUT2D eigenvalue weighted by Gasteiger charge is 1.86.